The van der Waals surface area contributed by atoms with Crippen molar-refractivity contribution in [3.05, 3.63) is 5.82 Å². The summed E-state index contributed by atoms with van der Waals surface area (Å²) in [5.41, 5.74) is -0.571. The van der Waals surface area contributed by atoms with Crippen LogP contribution in [0.15, 0.2) is 0 Å². The van der Waals surface area contributed by atoms with Gasteiger partial charge < -0.3 is 4.74 Å². The number of rotatable bonds is 7. The van der Waals surface area contributed by atoms with Crippen molar-refractivity contribution in [3.8, 4) is 0 Å². The molecular weight excluding hydrogens is 334 g/mol. The lowest BCUT2D eigenvalue weighted by atomic mass is 9.88. The molecule has 0 N–H and O–H groups in total. The Morgan fingerprint density at radius 3 is 2.58 bits per heavy atom. The van der Waals surface area contributed by atoms with Crippen LogP contribution >= 0.6 is 0 Å². The van der Waals surface area contributed by atoms with Crippen LogP contribution in [-0.2, 0) is 27.0 Å². The molecule has 10 nitrogen and oxygen atoms in total. The number of hydrogen-bond donors (Lipinski definition) is 0. The molecule has 0 spiro atoms. The fraction of sp³-hybridized carbons (Fsp3) is 0.923. The van der Waals surface area contributed by atoms with Gasteiger partial charge in [0.25, 0.3) is 10.2 Å². The highest BCUT2D eigenvalue weighted by atomic mass is 32.2. The Morgan fingerprint density at radius 2 is 2.00 bits per heavy atom. The SMILES string of the molecule is COCCn1nnnc1C1(N(C)C)CCCN(S(=O)(=O)N(C)C)C1. The Labute approximate surface area is 143 Å². The van der Waals surface area contributed by atoms with E-state index in [1.807, 2.05) is 19.0 Å². The lowest BCUT2D eigenvalue weighted by Crippen LogP contribution is -2.58. The first-order valence-corrected chi connectivity index (χ1v) is 9.26. The Bertz CT molecular complexity index is 646. The number of piperidine rings is 1. The van der Waals surface area contributed by atoms with Gasteiger partial charge in [-0.25, -0.2) is 4.68 Å². The standard InChI is InChI=1S/C13H27N7O3S/c1-17(2)13(12-14-15-16-20(12)9-10-23-5)7-6-8-19(11-13)24(21,22)18(3)4/h6-11H2,1-5H3. The van der Waals surface area contributed by atoms with Gasteiger partial charge in [0.1, 0.15) is 0 Å². The smallest absolute Gasteiger partial charge is 0.281 e. The van der Waals surface area contributed by atoms with Crippen LogP contribution in [0.25, 0.3) is 0 Å². The summed E-state index contributed by atoms with van der Waals surface area (Å²) in [4.78, 5) is 2.01. The normalized spacial score (nSPS) is 23.3. The van der Waals surface area contributed by atoms with Gasteiger partial charge in [0.15, 0.2) is 5.82 Å². The highest BCUT2D eigenvalue weighted by Gasteiger charge is 2.46. The second kappa shape index (κ2) is 7.40. The number of aromatic nitrogens is 4. The van der Waals surface area contributed by atoms with Crippen LogP contribution in [0.4, 0.5) is 0 Å². The summed E-state index contributed by atoms with van der Waals surface area (Å²) in [6.45, 7) is 1.82. The van der Waals surface area contributed by atoms with Crippen molar-refractivity contribution in [3.63, 3.8) is 0 Å². The summed E-state index contributed by atoms with van der Waals surface area (Å²) < 4.78 is 34.7. The van der Waals surface area contributed by atoms with Crippen LogP contribution in [0.2, 0.25) is 0 Å². The van der Waals surface area contributed by atoms with E-state index >= 15 is 0 Å². The monoisotopic (exact) mass is 361 g/mol. The molecule has 1 aromatic rings. The van der Waals surface area contributed by atoms with Gasteiger partial charge in [-0.2, -0.15) is 17.0 Å². The van der Waals surface area contributed by atoms with Gasteiger partial charge in [0, 0.05) is 34.3 Å². The third-order valence-electron chi connectivity index (χ3n) is 4.53. The van der Waals surface area contributed by atoms with E-state index in [1.54, 1.807) is 25.9 Å². The Balaban J connectivity index is 2.40. The molecule has 1 fully saturated rings. The van der Waals surface area contributed by atoms with Gasteiger partial charge in [0.05, 0.1) is 18.7 Å². The molecule has 138 valence electrons. The minimum atomic E-state index is -3.49. The number of tetrazole rings is 1. The molecule has 0 radical (unpaired) electrons. The van der Waals surface area contributed by atoms with Crippen LogP contribution in [0.3, 0.4) is 0 Å². The van der Waals surface area contributed by atoms with Crippen LogP contribution in [0.1, 0.15) is 18.7 Å². The molecule has 0 aromatic carbocycles. The lowest BCUT2D eigenvalue weighted by molar-refractivity contribution is 0.0603. The molecule has 2 heterocycles. The fourth-order valence-electron chi connectivity index (χ4n) is 3.04. The fourth-order valence-corrected chi connectivity index (χ4v) is 4.24. The summed E-state index contributed by atoms with van der Waals surface area (Å²) in [6, 6.07) is 0. The molecule has 24 heavy (non-hydrogen) atoms. The Kier molecular flexibility index (Phi) is 5.91. The third-order valence-corrected chi connectivity index (χ3v) is 6.42. The molecular formula is C13H27N7O3S. The van der Waals surface area contributed by atoms with Gasteiger partial charge in [-0.3, -0.25) is 4.90 Å². The van der Waals surface area contributed by atoms with Crippen LogP contribution in [-0.4, -0.2) is 97.1 Å². The quantitative estimate of drug-likeness (QED) is 0.613. The highest BCUT2D eigenvalue weighted by molar-refractivity contribution is 7.86. The van der Waals surface area contributed by atoms with Crippen molar-refractivity contribution < 1.29 is 13.2 Å². The second-order valence-corrected chi connectivity index (χ2v) is 8.51. The molecule has 0 saturated carbocycles. The van der Waals surface area contributed by atoms with E-state index in [-0.39, 0.29) is 0 Å². The molecule has 1 aliphatic heterocycles. The minimum absolute atomic E-state index is 0.313. The molecule has 0 aliphatic carbocycles. The number of nitrogens with zero attached hydrogens (tertiary/aromatic N) is 7. The zero-order chi connectivity index (χ0) is 18.0. The van der Waals surface area contributed by atoms with E-state index in [4.69, 9.17) is 4.74 Å². The van der Waals surface area contributed by atoms with Gasteiger partial charge in [-0.1, -0.05) is 0 Å². The highest BCUT2D eigenvalue weighted by Crippen LogP contribution is 2.35. The molecule has 1 unspecified atom stereocenters. The van der Waals surface area contributed by atoms with Crippen LogP contribution in [0.5, 0.6) is 0 Å². The topological polar surface area (TPSA) is 96.7 Å². The maximum absolute atomic E-state index is 12.6. The average molecular weight is 361 g/mol. The van der Waals surface area contributed by atoms with Crippen molar-refractivity contribution in [1.82, 2.24) is 33.7 Å². The number of methoxy groups -OCH3 is 1. The summed E-state index contributed by atoms with van der Waals surface area (Å²) in [7, 11) is 5.09. The summed E-state index contributed by atoms with van der Waals surface area (Å²) in [5.74, 6) is 0.670. The molecule has 1 aromatic heterocycles. The maximum atomic E-state index is 12.6. The second-order valence-electron chi connectivity index (χ2n) is 6.37. The molecule has 0 bridgehead atoms. The van der Waals surface area contributed by atoms with Crippen molar-refractivity contribution in [2.24, 2.45) is 0 Å². The van der Waals surface area contributed by atoms with Gasteiger partial charge in [-0.15, -0.1) is 5.10 Å². The molecule has 1 aliphatic rings. The van der Waals surface area contributed by atoms with Crippen molar-refractivity contribution in [2.75, 3.05) is 55.0 Å². The summed E-state index contributed by atoms with van der Waals surface area (Å²) >= 11 is 0. The van der Waals surface area contributed by atoms with Crippen molar-refractivity contribution >= 4 is 10.2 Å². The van der Waals surface area contributed by atoms with E-state index in [1.165, 1.54) is 8.61 Å². The summed E-state index contributed by atoms with van der Waals surface area (Å²) in [6.07, 6.45) is 1.52. The van der Waals surface area contributed by atoms with Gasteiger partial charge in [0.2, 0.25) is 0 Å². The van der Waals surface area contributed by atoms with E-state index in [0.717, 1.165) is 12.8 Å². The van der Waals surface area contributed by atoms with E-state index in [2.05, 4.69) is 15.5 Å². The first-order chi connectivity index (χ1) is 11.3. The molecule has 0 amide bonds. The average Bonchev–Trinajstić information content (AvgIpc) is 3.01. The molecule has 2 rings (SSSR count). The Hall–Kier alpha value is -1.14. The molecule has 1 atom stereocenters. The predicted molar refractivity (Wildman–Crippen MR) is 88.5 cm³/mol. The largest absolute Gasteiger partial charge is 0.383 e. The number of ether oxygens (including phenoxy) is 1. The van der Waals surface area contributed by atoms with E-state index in [9.17, 15) is 8.42 Å². The zero-order valence-electron chi connectivity index (χ0n) is 15.0. The summed E-state index contributed by atoms with van der Waals surface area (Å²) in [5, 5.41) is 12.1. The lowest BCUT2D eigenvalue weighted by Gasteiger charge is -2.45. The van der Waals surface area contributed by atoms with Gasteiger partial charge in [-0.05, 0) is 37.4 Å². The molecule has 1 saturated heterocycles. The molecule has 11 heteroatoms. The van der Waals surface area contributed by atoms with E-state index < -0.39 is 15.7 Å². The van der Waals surface area contributed by atoms with E-state index in [0.29, 0.717) is 32.1 Å². The first-order valence-electron chi connectivity index (χ1n) is 7.86. The van der Waals surface area contributed by atoms with Gasteiger partial charge >= 0.3 is 0 Å². The van der Waals surface area contributed by atoms with Crippen LogP contribution in [0, 0.1) is 0 Å². The first kappa shape index (κ1) is 19.2. The maximum Gasteiger partial charge on any atom is 0.281 e. The van der Waals surface area contributed by atoms with Crippen LogP contribution < -0.4 is 0 Å². The number of hydrogen-bond acceptors (Lipinski definition) is 7. The Morgan fingerprint density at radius 1 is 1.29 bits per heavy atom. The number of likely N-dealkylation sites (N-methyl/N-ethyl adjacent to an activating group) is 1. The zero-order valence-corrected chi connectivity index (χ0v) is 15.8. The minimum Gasteiger partial charge on any atom is -0.383 e. The third kappa shape index (κ3) is 3.45. The van der Waals surface area contributed by atoms with Crippen molar-refractivity contribution in [1.29, 1.82) is 0 Å². The predicted octanol–water partition coefficient (Wildman–Crippen LogP) is -1.02. The van der Waals surface area contributed by atoms with Crippen molar-refractivity contribution in [2.45, 2.75) is 24.9 Å².